The number of urea groups is 1. The Morgan fingerprint density at radius 3 is 2.75 bits per heavy atom. The highest BCUT2D eigenvalue weighted by Crippen LogP contribution is 2.25. The summed E-state index contributed by atoms with van der Waals surface area (Å²) in [5.74, 6) is 0.891. The third-order valence-corrected chi connectivity index (χ3v) is 4.33. The van der Waals surface area contributed by atoms with Gasteiger partial charge in [0.25, 0.3) is 0 Å². The Balaban J connectivity index is 1.39. The maximum absolute atomic E-state index is 12.1. The van der Waals surface area contributed by atoms with E-state index in [0.717, 1.165) is 17.7 Å². The molecule has 0 saturated carbocycles. The summed E-state index contributed by atoms with van der Waals surface area (Å²) in [6.07, 6.45) is 3.57. The Kier molecular flexibility index (Phi) is 5.36. The van der Waals surface area contributed by atoms with E-state index in [-0.39, 0.29) is 6.03 Å². The smallest absolute Gasteiger partial charge is 0.317 e. The van der Waals surface area contributed by atoms with Gasteiger partial charge >= 0.3 is 6.03 Å². The molecule has 0 radical (unpaired) electrons. The van der Waals surface area contributed by atoms with E-state index in [4.69, 9.17) is 4.74 Å². The van der Waals surface area contributed by atoms with Crippen molar-refractivity contribution in [1.29, 1.82) is 0 Å². The van der Waals surface area contributed by atoms with E-state index >= 15 is 0 Å². The van der Waals surface area contributed by atoms with Gasteiger partial charge in [-0.05, 0) is 48.1 Å². The fourth-order valence-corrected chi connectivity index (χ4v) is 3.03. The van der Waals surface area contributed by atoms with Crippen molar-refractivity contribution < 1.29 is 9.53 Å². The standard InChI is InChI=1S/C20H24N2O2/c1-22(15-16-6-3-2-4-7-16)20(23)21-12-13-24-19-11-10-17-8-5-9-18(17)14-19/h2-4,6-7,10-11,14H,5,8-9,12-13,15H2,1H3,(H,21,23). The minimum absolute atomic E-state index is 0.0867. The van der Waals surface area contributed by atoms with E-state index in [9.17, 15) is 4.79 Å². The van der Waals surface area contributed by atoms with Gasteiger partial charge in [-0.2, -0.15) is 0 Å². The average Bonchev–Trinajstić information content (AvgIpc) is 3.07. The number of benzene rings is 2. The van der Waals surface area contributed by atoms with Crippen molar-refractivity contribution in [1.82, 2.24) is 10.2 Å². The first-order valence-electron chi connectivity index (χ1n) is 8.50. The van der Waals surface area contributed by atoms with E-state index in [1.165, 1.54) is 24.0 Å². The van der Waals surface area contributed by atoms with E-state index in [2.05, 4.69) is 17.4 Å². The number of hydrogen-bond acceptors (Lipinski definition) is 2. The molecule has 2 amide bonds. The maximum Gasteiger partial charge on any atom is 0.317 e. The van der Waals surface area contributed by atoms with Gasteiger partial charge in [-0.15, -0.1) is 0 Å². The highest BCUT2D eigenvalue weighted by Gasteiger charge is 2.11. The summed E-state index contributed by atoms with van der Waals surface area (Å²) in [6, 6.07) is 16.2. The molecule has 1 aliphatic rings. The van der Waals surface area contributed by atoms with E-state index in [0.29, 0.717) is 19.7 Å². The van der Waals surface area contributed by atoms with Crippen LogP contribution in [0.15, 0.2) is 48.5 Å². The molecule has 0 atom stereocenters. The first-order valence-corrected chi connectivity index (χ1v) is 8.50. The van der Waals surface area contributed by atoms with Crippen LogP contribution in [0.25, 0.3) is 0 Å². The second-order valence-electron chi connectivity index (χ2n) is 6.21. The van der Waals surface area contributed by atoms with Crippen LogP contribution in [-0.4, -0.2) is 31.1 Å². The minimum atomic E-state index is -0.0867. The number of nitrogens with one attached hydrogen (secondary N) is 1. The van der Waals surface area contributed by atoms with Crippen LogP contribution < -0.4 is 10.1 Å². The highest BCUT2D eigenvalue weighted by atomic mass is 16.5. The van der Waals surface area contributed by atoms with Crippen molar-refractivity contribution in [3.05, 3.63) is 65.2 Å². The summed E-state index contributed by atoms with van der Waals surface area (Å²) in [7, 11) is 1.80. The van der Waals surface area contributed by atoms with Crippen molar-refractivity contribution >= 4 is 6.03 Å². The molecule has 4 heteroatoms. The number of ether oxygens (including phenoxy) is 1. The van der Waals surface area contributed by atoms with Gasteiger partial charge in [0.15, 0.2) is 0 Å². The summed E-state index contributed by atoms with van der Waals surface area (Å²) >= 11 is 0. The fourth-order valence-electron chi connectivity index (χ4n) is 3.03. The Bertz CT molecular complexity index is 685. The zero-order valence-electron chi connectivity index (χ0n) is 14.1. The highest BCUT2D eigenvalue weighted by molar-refractivity contribution is 5.73. The van der Waals surface area contributed by atoms with Gasteiger partial charge in [-0.1, -0.05) is 36.4 Å². The predicted molar refractivity (Wildman–Crippen MR) is 95.3 cm³/mol. The summed E-state index contributed by atoms with van der Waals surface area (Å²) in [6.45, 7) is 1.57. The van der Waals surface area contributed by atoms with E-state index in [1.54, 1.807) is 11.9 Å². The number of hydrogen-bond donors (Lipinski definition) is 1. The second-order valence-corrected chi connectivity index (χ2v) is 6.21. The van der Waals surface area contributed by atoms with E-state index in [1.807, 2.05) is 36.4 Å². The zero-order valence-corrected chi connectivity index (χ0v) is 14.1. The van der Waals surface area contributed by atoms with Crippen molar-refractivity contribution in [3.63, 3.8) is 0 Å². The summed E-state index contributed by atoms with van der Waals surface area (Å²) in [5.41, 5.74) is 3.96. The quantitative estimate of drug-likeness (QED) is 0.828. The summed E-state index contributed by atoms with van der Waals surface area (Å²) in [4.78, 5) is 13.7. The normalized spacial score (nSPS) is 12.5. The molecule has 1 N–H and O–H groups in total. The lowest BCUT2D eigenvalue weighted by Crippen LogP contribution is -2.38. The lowest BCUT2D eigenvalue weighted by atomic mass is 10.1. The number of amides is 2. The first kappa shape index (κ1) is 16.4. The van der Waals surface area contributed by atoms with Gasteiger partial charge in [0.2, 0.25) is 0 Å². The Labute approximate surface area is 143 Å². The number of nitrogens with zero attached hydrogens (tertiary/aromatic N) is 1. The van der Waals surface area contributed by atoms with Crippen LogP contribution in [0.3, 0.4) is 0 Å². The van der Waals surface area contributed by atoms with Crippen molar-refractivity contribution in [2.45, 2.75) is 25.8 Å². The van der Waals surface area contributed by atoms with Crippen LogP contribution in [0.1, 0.15) is 23.1 Å². The molecule has 126 valence electrons. The molecule has 0 aliphatic heterocycles. The SMILES string of the molecule is CN(Cc1ccccc1)C(=O)NCCOc1ccc2c(c1)CCC2. The number of carbonyl (C=O) groups excluding carboxylic acids is 1. The van der Waals surface area contributed by atoms with Crippen molar-refractivity contribution in [3.8, 4) is 5.75 Å². The lowest BCUT2D eigenvalue weighted by molar-refractivity contribution is 0.203. The zero-order chi connectivity index (χ0) is 16.8. The molecular formula is C20H24N2O2. The molecule has 2 aromatic carbocycles. The van der Waals surface area contributed by atoms with Crippen LogP contribution in [0.5, 0.6) is 5.75 Å². The van der Waals surface area contributed by atoms with Crippen LogP contribution in [-0.2, 0) is 19.4 Å². The fraction of sp³-hybridized carbons (Fsp3) is 0.350. The molecule has 4 nitrogen and oxygen atoms in total. The van der Waals surface area contributed by atoms with E-state index < -0.39 is 0 Å². The van der Waals surface area contributed by atoms with Crippen LogP contribution >= 0.6 is 0 Å². The summed E-state index contributed by atoms with van der Waals surface area (Å²) in [5, 5.41) is 2.89. The van der Waals surface area contributed by atoms with Gasteiger partial charge in [0.1, 0.15) is 12.4 Å². The summed E-state index contributed by atoms with van der Waals surface area (Å²) < 4.78 is 5.75. The monoisotopic (exact) mass is 324 g/mol. The Morgan fingerprint density at radius 1 is 1.12 bits per heavy atom. The molecule has 1 aliphatic carbocycles. The van der Waals surface area contributed by atoms with Crippen LogP contribution in [0.2, 0.25) is 0 Å². The second kappa shape index (κ2) is 7.86. The van der Waals surface area contributed by atoms with Crippen LogP contribution in [0.4, 0.5) is 4.79 Å². The number of aryl methyl sites for hydroxylation is 2. The van der Waals surface area contributed by atoms with Crippen LogP contribution in [0, 0.1) is 0 Å². The maximum atomic E-state index is 12.1. The number of fused-ring (bicyclic) bond motifs is 1. The molecule has 2 aromatic rings. The minimum Gasteiger partial charge on any atom is -0.492 e. The molecule has 24 heavy (non-hydrogen) atoms. The molecular weight excluding hydrogens is 300 g/mol. The molecule has 3 rings (SSSR count). The molecule has 0 bridgehead atoms. The van der Waals surface area contributed by atoms with Gasteiger partial charge in [0, 0.05) is 13.6 Å². The number of carbonyl (C=O) groups is 1. The molecule has 0 spiro atoms. The third kappa shape index (κ3) is 4.28. The predicted octanol–water partition coefficient (Wildman–Crippen LogP) is 3.40. The first-order chi connectivity index (χ1) is 11.7. The molecule has 0 aromatic heterocycles. The largest absolute Gasteiger partial charge is 0.492 e. The molecule has 0 fully saturated rings. The molecule has 0 heterocycles. The lowest BCUT2D eigenvalue weighted by Gasteiger charge is -2.18. The van der Waals surface area contributed by atoms with Gasteiger partial charge < -0.3 is 15.0 Å². The average molecular weight is 324 g/mol. The van der Waals surface area contributed by atoms with Crippen molar-refractivity contribution in [2.24, 2.45) is 0 Å². The Morgan fingerprint density at radius 2 is 1.92 bits per heavy atom. The van der Waals surface area contributed by atoms with Gasteiger partial charge in [-0.3, -0.25) is 0 Å². The molecule has 0 unspecified atom stereocenters. The van der Waals surface area contributed by atoms with Gasteiger partial charge in [0.05, 0.1) is 6.54 Å². The topological polar surface area (TPSA) is 41.6 Å². The molecule has 0 saturated heterocycles. The van der Waals surface area contributed by atoms with Gasteiger partial charge in [-0.25, -0.2) is 4.79 Å². The third-order valence-electron chi connectivity index (χ3n) is 4.33. The number of rotatable bonds is 6. The van der Waals surface area contributed by atoms with Crippen molar-refractivity contribution in [2.75, 3.05) is 20.2 Å². The Hall–Kier alpha value is -2.49.